The van der Waals surface area contributed by atoms with E-state index >= 15 is 0 Å². The van der Waals surface area contributed by atoms with Gasteiger partial charge in [0.05, 0.1) is 37.4 Å². The van der Waals surface area contributed by atoms with Crippen LogP contribution in [0.15, 0.2) is 72.8 Å². The number of carbonyl (C=O) groups excluding carboxylic acids is 6. The van der Waals surface area contributed by atoms with E-state index in [1.54, 1.807) is 36.4 Å². The van der Waals surface area contributed by atoms with Gasteiger partial charge in [-0.05, 0) is 48.5 Å². The van der Waals surface area contributed by atoms with E-state index in [1.807, 2.05) is 0 Å². The average Bonchev–Trinajstić information content (AvgIpc) is 3.54. The van der Waals surface area contributed by atoms with Gasteiger partial charge in [-0.3, -0.25) is 38.6 Å². The van der Waals surface area contributed by atoms with E-state index < -0.39 is 65.3 Å². The molecule has 0 saturated carbocycles. The predicted octanol–water partition coefficient (Wildman–Crippen LogP) is 3.23. The molecule has 6 rings (SSSR count). The number of methoxy groups -OCH3 is 2. The Hall–Kier alpha value is -5.12. The Balaban J connectivity index is 1.46. The summed E-state index contributed by atoms with van der Waals surface area (Å²) in [7, 11) is 2.95. The monoisotopic (exact) mass is 552 g/mol. The molecular weight excluding hydrogens is 528 g/mol. The van der Waals surface area contributed by atoms with Crippen molar-refractivity contribution in [3.8, 4) is 11.5 Å². The van der Waals surface area contributed by atoms with Crippen LogP contribution < -0.4 is 19.3 Å². The standard InChI is InChI=1S/C31H24N2O8/c1-40-19-11-7-17(8-12-19)32-25(34)15-23(29(32)38)31(27(36)21-5-3-4-6-22(21)28(31)37)24-16-26(35)33(30(24)39)18-9-13-20(41-2)14-10-18/h3-14,23-24H,15-16H2,1-2H3/t23-,24+. The molecule has 3 aromatic carbocycles. The third kappa shape index (κ3) is 3.63. The highest BCUT2D eigenvalue weighted by Crippen LogP contribution is 2.55. The first kappa shape index (κ1) is 26.1. The summed E-state index contributed by atoms with van der Waals surface area (Å²) in [5, 5.41) is 0. The van der Waals surface area contributed by atoms with Crippen molar-refractivity contribution in [1.29, 1.82) is 0 Å². The van der Waals surface area contributed by atoms with Crippen molar-refractivity contribution in [1.82, 2.24) is 0 Å². The SMILES string of the molecule is COc1ccc(N2C(=O)C[C@@H](C3([C@H]4CC(=O)N(c5ccc(OC)cc5)C4=O)C(=O)c4ccccc4C3=O)C2=O)cc1. The highest BCUT2D eigenvalue weighted by atomic mass is 16.5. The van der Waals surface area contributed by atoms with Gasteiger partial charge in [-0.25, -0.2) is 0 Å². The van der Waals surface area contributed by atoms with Crippen molar-refractivity contribution >= 4 is 46.6 Å². The van der Waals surface area contributed by atoms with Crippen LogP contribution in [0.25, 0.3) is 0 Å². The number of imide groups is 2. The van der Waals surface area contributed by atoms with Gasteiger partial charge in [0, 0.05) is 24.0 Å². The molecule has 2 saturated heterocycles. The Bertz CT molecular complexity index is 1520. The lowest BCUT2D eigenvalue weighted by Crippen LogP contribution is -2.52. The Labute approximate surface area is 234 Å². The zero-order valence-electron chi connectivity index (χ0n) is 22.2. The molecule has 0 aromatic heterocycles. The summed E-state index contributed by atoms with van der Waals surface area (Å²) < 4.78 is 10.3. The van der Waals surface area contributed by atoms with E-state index in [1.165, 1.54) is 50.6 Å². The second-order valence-electron chi connectivity index (χ2n) is 10.1. The fourth-order valence-electron chi connectivity index (χ4n) is 6.28. The van der Waals surface area contributed by atoms with Gasteiger partial charge in [-0.15, -0.1) is 0 Å². The molecule has 10 heteroatoms. The smallest absolute Gasteiger partial charge is 0.238 e. The highest BCUT2D eigenvalue weighted by molar-refractivity contribution is 6.37. The number of ketones is 2. The second-order valence-corrected chi connectivity index (χ2v) is 10.1. The summed E-state index contributed by atoms with van der Waals surface area (Å²) in [4.78, 5) is 85.0. The van der Waals surface area contributed by atoms with Crippen LogP contribution in [0.3, 0.4) is 0 Å². The summed E-state index contributed by atoms with van der Waals surface area (Å²) in [5.41, 5.74) is -1.66. The zero-order valence-corrected chi connectivity index (χ0v) is 22.2. The molecule has 2 atom stereocenters. The molecule has 2 heterocycles. The molecule has 3 aliphatic rings. The molecule has 0 unspecified atom stereocenters. The maximum Gasteiger partial charge on any atom is 0.238 e. The molecule has 0 N–H and O–H groups in total. The van der Waals surface area contributed by atoms with Crippen molar-refractivity contribution in [2.75, 3.05) is 24.0 Å². The summed E-state index contributed by atoms with van der Waals surface area (Å²) in [5.74, 6) is -6.22. The van der Waals surface area contributed by atoms with Crippen molar-refractivity contribution in [2.45, 2.75) is 12.8 Å². The molecule has 3 aromatic rings. The van der Waals surface area contributed by atoms with E-state index in [0.717, 1.165) is 9.80 Å². The van der Waals surface area contributed by atoms with Crippen LogP contribution in [0.2, 0.25) is 0 Å². The fourth-order valence-corrected chi connectivity index (χ4v) is 6.28. The van der Waals surface area contributed by atoms with Crippen molar-refractivity contribution < 1.29 is 38.2 Å². The van der Waals surface area contributed by atoms with Gasteiger partial charge >= 0.3 is 0 Å². The van der Waals surface area contributed by atoms with Crippen molar-refractivity contribution in [2.24, 2.45) is 17.3 Å². The number of nitrogens with zero attached hydrogens (tertiary/aromatic N) is 2. The highest BCUT2D eigenvalue weighted by Gasteiger charge is 2.70. The zero-order chi connectivity index (χ0) is 29.1. The molecule has 0 bridgehead atoms. The van der Waals surface area contributed by atoms with E-state index in [2.05, 4.69) is 0 Å². The Morgan fingerprint density at radius 2 is 0.951 bits per heavy atom. The van der Waals surface area contributed by atoms with E-state index in [0.29, 0.717) is 11.5 Å². The number of amides is 4. The van der Waals surface area contributed by atoms with E-state index in [-0.39, 0.29) is 22.5 Å². The van der Waals surface area contributed by atoms with Crippen LogP contribution >= 0.6 is 0 Å². The Morgan fingerprint density at radius 3 is 1.29 bits per heavy atom. The average molecular weight is 553 g/mol. The first-order chi connectivity index (χ1) is 19.7. The molecule has 4 amide bonds. The van der Waals surface area contributed by atoms with Gasteiger partial charge < -0.3 is 9.47 Å². The molecule has 2 aliphatic heterocycles. The van der Waals surface area contributed by atoms with Gasteiger partial charge in [0.25, 0.3) is 0 Å². The minimum absolute atomic E-state index is 0.0591. The molecule has 1 aliphatic carbocycles. The Morgan fingerprint density at radius 1 is 0.585 bits per heavy atom. The third-order valence-electron chi connectivity index (χ3n) is 8.22. The molecule has 0 radical (unpaired) electrons. The number of fused-ring (bicyclic) bond motifs is 1. The number of hydrogen-bond donors (Lipinski definition) is 0. The molecule has 206 valence electrons. The van der Waals surface area contributed by atoms with E-state index in [4.69, 9.17) is 9.47 Å². The molecular formula is C31H24N2O8. The lowest BCUT2D eigenvalue weighted by atomic mass is 9.61. The number of benzene rings is 3. The number of Topliss-reactive ketones (excluding diaryl/α,β-unsaturated/α-hetero) is 2. The van der Waals surface area contributed by atoms with Crippen LogP contribution in [0.1, 0.15) is 33.6 Å². The second kappa shape index (κ2) is 9.51. The van der Waals surface area contributed by atoms with E-state index in [9.17, 15) is 28.8 Å². The third-order valence-corrected chi connectivity index (χ3v) is 8.22. The lowest BCUT2D eigenvalue weighted by Gasteiger charge is -2.34. The van der Waals surface area contributed by atoms with Crippen molar-refractivity contribution in [3.05, 3.63) is 83.9 Å². The quantitative estimate of drug-likeness (QED) is 0.337. The summed E-state index contributed by atoms with van der Waals surface area (Å²) in [6.07, 6.45) is -0.951. The number of hydrogen-bond acceptors (Lipinski definition) is 8. The lowest BCUT2D eigenvalue weighted by molar-refractivity contribution is -0.127. The summed E-state index contributed by atoms with van der Waals surface area (Å²) >= 11 is 0. The maximum atomic E-state index is 14.2. The van der Waals surface area contributed by atoms with Crippen LogP contribution in [-0.2, 0) is 19.2 Å². The predicted molar refractivity (Wildman–Crippen MR) is 145 cm³/mol. The fraction of sp³-hybridized carbons (Fsp3) is 0.226. The van der Waals surface area contributed by atoms with Crippen molar-refractivity contribution in [3.63, 3.8) is 0 Å². The summed E-state index contributed by atoms with van der Waals surface area (Å²) in [6.45, 7) is 0. The van der Waals surface area contributed by atoms with Crippen LogP contribution in [-0.4, -0.2) is 49.4 Å². The van der Waals surface area contributed by atoms with Gasteiger partial charge in [0.2, 0.25) is 23.6 Å². The molecule has 41 heavy (non-hydrogen) atoms. The van der Waals surface area contributed by atoms with Gasteiger partial charge in [0.1, 0.15) is 16.9 Å². The first-order valence-electron chi connectivity index (χ1n) is 12.9. The van der Waals surface area contributed by atoms with Crippen LogP contribution in [0.5, 0.6) is 11.5 Å². The van der Waals surface area contributed by atoms with Crippen LogP contribution in [0, 0.1) is 17.3 Å². The normalized spacial score (nSPS) is 21.6. The minimum Gasteiger partial charge on any atom is -0.497 e. The van der Waals surface area contributed by atoms with Gasteiger partial charge in [0.15, 0.2) is 11.6 Å². The molecule has 2 fully saturated rings. The number of anilines is 2. The summed E-state index contributed by atoms with van der Waals surface area (Å²) in [6, 6.07) is 18.5. The number of carbonyl (C=O) groups is 6. The largest absolute Gasteiger partial charge is 0.497 e. The Kier molecular flexibility index (Phi) is 6.06. The molecule has 0 spiro atoms. The number of ether oxygens (including phenoxy) is 2. The molecule has 10 nitrogen and oxygen atoms in total. The van der Waals surface area contributed by atoms with Gasteiger partial charge in [-0.1, -0.05) is 24.3 Å². The topological polar surface area (TPSA) is 127 Å². The number of rotatable bonds is 6. The van der Waals surface area contributed by atoms with Crippen LogP contribution in [0.4, 0.5) is 11.4 Å². The maximum absolute atomic E-state index is 14.2. The first-order valence-corrected chi connectivity index (χ1v) is 12.9. The minimum atomic E-state index is -2.26. The van der Waals surface area contributed by atoms with Gasteiger partial charge in [-0.2, -0.15) is 0 Å².